The lowest BCUT2D eigenvalue weighted by Gasteiger charge is -2.19. The number of hydrazine groups is 1. The van der Waals surface area contributed by atoms with Crippen molar-refractivity contribution in [3.63, 3.8) is 0 Å². The van der Waals surface area contributed by atoms with Gasteiger partial charge in [-0.15, -0.1) is 0 Å². The molecule has 5 nitrogen and oxygen atoms in total. The highest BCUT2D eigenvalue weighted by Gasteiger charge is 2.34. The topological polar surface area (TPSA) is 49.4 Å². The van der Waals surface area contributed by atoms with Gasteiger partial charge in [-0.2, -0.15) is 0 Å². The molecule has 0 radical (unpaired) electrons. The lowest BCUT2D eigenvalue weighted by Crippen LogP contribution is -2.38. The number of halogens is 1. The number of nitrogens with one attached hydrogen (secondary N) is 2. The Hall–Kier alpha value is -1.66. The highest BCUT2D eigenvalue weighted by molar-refractivity contribution is 6.32. The van der Waals surface area contributed by atoms with Crippen LogP contribution in [0.25, 0.3) is 0 Å². The molecule has 2 N–H and O–H groups in total. The van der Waals surface area contributed by atoms with Gasteiger partial charge in [-0.1, -0.05) is 29.8 Å². The number of ether oxygens (including phenoxy) is 1. The molecule has 2 saturated heterocycles. The lowest BCUT2D eigenvalue weighted by atomic mass is 9.94. The molecule has 144 valence electrons. The fraction of sp³-hybridized carbons (Fsp3) is 0.476. The summed E-state index contributed by atoms with van der Waals surface area (Å²) in [6.07, 6.45) is 7.18. The Morgan fingerprint density at radius 3 is 2.96 bits per heavy atom. The van der Waals surface area contributed by atoms with Gasteiger partial charge in [-0.05, 0) is 55.5 Å². The normalized spacial score (nSPS) is 25.7. The standard InChI is InChI=1S/C21H27ClN4O/c22-19-5-1-2-6-21(19)27-11-8-18-12-20(25-24-18)17-7-10-26(15-17)14-16-4-3-9-23-13-16/h1-6,9,13,17-18,20,24-25H,7-8,10-12,14-15H2. The molecule has 0 amide bonds. The molecule has 0 saturated carbocycles. The van der Waals surface area contributed by atoms with Gasteiger partial charge in [0.05, 0.1) is 11.6 Å². The summed E-state index contributed by atoms with van der Waals surface area (Å²) in [4.78, 5) is 6.76. The van der Waals surface area contributed by atoms with Gasteiger partial charge in [0.1, 0.15) is 5.75 Å². The third-order valence-electron chi connectivity index (χ3n) is 5.58. The second-order valence-corrected chi connectivity index (χ2v) is 7.95. The average molecular weight is 387 g/mol. The zero-order chi connectivity index (χ0) is 18.5. The Labute approximate surface area is 166 Å². The van der Waals surface area contributed by atoms with Crippen LogP contribution in [0, 0.1) is 5.92 Å². The van der Waals surface area contributed by atoms with Crippen LogP contribution in [0.15, 0.2) is 48.8 Å². The molecule has 2 aliphatic heterocycles. The van der Waals surface area contributed by atoms with Crippen LogP contribution in [-0.4, -0.2) is 41.7 Å². The Bertz CT molecular complexity index is 729. The predicted octanol–water partition coefficient (Wildman–Crippen LogP) is 3.26. The Morgan fingerprint density at radius 1 is 1.19 bits per heavy atom. The molecule has 2 fully saturated rings. The Morgan fingerprint density at radius 2 is 2.11 bits per heavy atom. The molecule has 6 heteroatoms. The van der Waals surface area contributed by atoms with E-state index in [1.165, 1.54) is 12.0 Å². The SMILES string of the molecule is Clc1ccccc1OCCC1CC(C2CCN(Cc3cccnc3)C2)NN1. The number of likely N-dealkylation sites (tertiary alicyclic amines) is 1. The third-order valence-corrected chi connectivity index (χ3v) is 5.89. The van der Waals surface area contributed by atoms with E-state index in [1.807, 2.05) is 42.7 Å². The van der Waals surface area contributed by atoms with Gasteiger partial charge in [0, 0.05) is 37.6 Å². The number of para-hydroxylation sites is 1. The summed E-state index contributed by atoms with van der Waals surface area (Å²) in [6.45, 7) is 3.99. The number of hydrogen-bond acceptors (Lipinski definition) is 5. The van der Waals surface area contributed by atoms with Crippen molar-refractivity contribution >= 4 is 11.6 Å². The minimum Gasteiger partial charge on any atom is -0.492 e. The quantitative estimate of drug-likeness (QED) is 0.764. The van der Waals surface area contributed by atoms with E-state index >= 15 is 0 Å². The van der Waals surface area contributed by atoms with Crippen LogP contribution in [0.5, 0.6) is 5.75 Å². The molecule has 1 aromatic heterocycles. The summed E-state index contributed by atoms with van der Waals surface area (Å²) in [5.41, 5.74) is 8.28. The van der Waals surface area contributed by atoms with Gasteiger partial charge < -0.3 is 4.74 Å². The fourth-order valence-electron chi connectivity index (χ4n) is 4.11. The van der Waals surface area contributed by atoms with Crippen molar-refractivity contribution in [2.75, 3.05) is 19.7 Å². The highest BCUT2D eigenvalue weighted by atomic mass is 35.5. The molecule has 2 aromatic rings. The number of rotatable bonds is 7. The maximum absolute atomic E-state index is 6.14. The van der Waals surface area contributed by atoms with E-state index in [-0.39, 0.29) is 0 Å². The first kappa shape index (κ1) is 18.7. The number of benzene rings is 1. The van der Waals surface area contributed by atoms with Gasteiger partial charge in [-0.3, -0.25) is 20.7 Å². The van der Waals surface area contributed by atoms with Crippen molar-refractivity contribution in [1.29, 1.82) is 0 Å². The minimum atomic E-state index is 0.449. The molecule has 4 rings (SSSR count). The maximum atomic E-state index is 6.14. The molecule has 3 unspecified atom stereocenters. The van der Waals surface area contributed by atoms with Gasteiger partial charge in [0.15, 0.2) is 0 Å². The largest absolute Gasteiger partial charge is 0.492 e. The van der Waals surface area contributed by atoms with E-state index in [4.69, 9.17) is 16.3 Å². The lowest BCUT2D eigenvalue weighted by molar-refractivity contribution is 0.288. The summed E-state index contributed by atoms with van der Waals surface area (Å²) in [5.74, 6) is 1.46. The fourth-order valence-corrected chi connectivity index (χ4v) is 4.30. The molecule has 3 atom stereocenters. The van der Waals surface area contributed by atoms with Gasteiger partial charge >= 0.3 is 0 Å². The van der Waals surface area contributed by atoms with Crippen LogP contribution in [0.2, 0.25) is 5.02 Å². The van der Waals surface area contributed by atoms with E-state index in [0.717, 1.165) is 38.2 Å². The summed E-state index contributed by atoms with van der Waals surface area (Å²) < 4.78 is 5.83. The number of aromatic nitrogens is 1. The zero-order valence-corrected chi connectivity index (χ0v) is 16.2. The van der Waals surface area contributed by atoms with E-state index in [1.54, 1.807) is 0 Å². The maximum Gasteiger partial charge on any atom is 0.137 e. The molecular formula is C21H27ClN4O. The molecule has 2 aliphatic rings. The first-order valence-corrected chi connectivity index (χ1v) is 10.2. The second-order valence-electron chi connectivity index (χ2n) is 7.54. The van der Waals surface area contributed by atoms with E-state index in [9.17, 15) is 0 Å². The number of nitrogens with zero attached hydrogens (tertiary/aromatic N) is 2. The van der Waals surface area contributed by atoms with Crippen LogP contribution in [0.4, 0.5) is 0 Å². The second kappa shape index (κ2) is 9.02. The molecule has 27 heavy (non-hydrogen) atoms. The first-order valence-electron chi connectivity index (χ1n) is 9.77. The van der Waals surface area contributed by atoms with Crippen LogP contribution in [0.3, 0.4) is 0 Å². The zero-order valence-electron chi connectivity index (χ0n) is 15.5. The van der Waals surface area contributed by atoms with E-state index in [2.05, 4.69) is 26.8 Å². The van der Waals surface area contributed by atoms with Crippen molar-refractivity contribution in [3.8, 4) is 5.75 Å². The van der Waals surface area contributed by atoms with Crippen LogP contribution in [-0.2, 0) is 6.54 Å². The van der Waals surface area contributed by atoms with Gasteiger partial charge in [-0.25, -0.2) is 0 Å². The summed E-state index contributed by atoms with van der Waals surface area (Å²) >= 11 is 6.14. The summed E-state index contributed by atoms with van der Waals surface area (Å²) in [5, 5.41) is 0.674. The predicted molar refractivity (Wildman–Crippen MR) is 108 cm³/mol. The first-order chi connectivity index (χ1) is 13.3. The van der Waals surface area contributed by atoms with Crippen LogP contribution < -0.4 is 15.6 Å². The monoisotopic (exact) mass is 386 g/mol. The average Bonchev–Trinajstić information content (AvgIpc) is 3.34. The van der Waals surface area contributed by atoms with Crippen molar-refractivity contribution in [2.24, 2.45) is 5.92 Å². The van der Waals surface area contributed by atoms with Crippen LogP contribution >= 0.6 is 11.6 Å². The molecule has 0 bridgehead atoms. The van der Waals surface area contributed by atoms with Gasteiger partial charge in [0.2, 0.25) is 0 Å². The Kier molecular flexibility index (Phi) is 6.24. The molecule has 1 aromatic carbocycles. The van der Waals surface area contributed by atoms with Crippen molar-refractivity contribution in [1.82, 2.24) is 20.7 Å². The molecule has 0 aliphatic carbocycles. The summed E-state index contributed by atoms with van der Waals surface area (Å²) in [7, 11) is 0. The van der Waals surface area contributed by atoms with Crippen molar-refractivity contribution in [3.05, 3.63) is 59.4 Å². The summed E-state index contributed by atoms with van der Waals surface area (Å²) in [6, 6.07) is 12.8. The Balaban J connectivity index is 1.19. The van der Waals surface area contributed by atoms with E-state index in [0.29, 0.717) is 29.6 Å². The number of pyridine rings is 1. The molecule has 3 heterocycles. The highest BCUT2D eigenvalue weighted by Crippen LogP contribution is 2.27. The van der Waals surface area contributed by atoms with Gasteiger partial charge in [0.25, 0.3) is 0 Å². The smallest absolute Gasteiger partial charge is 0.137 e. The number of hydrogen-bond donors (Lipinski definition) is 2. The molecular weight excluding hydrogens is 360 g/mol. The van der Waals surface area contributed by atoms with Crippen molar-refractivity contribution < 1.29 is 4.74 Å². The third kappa shape index (κ3) is 4.99. The van der Waals surface area contributed by atoms with Crippen molar-refractivity contribution in [2.45, 2.75) is 37.9 Å². The molecule has 0 spiro atoms. The van der Waals surface area contributed by atoms with E-state index < -0.39 is 0 Å². The minimum absolute atomic E-state index is 0.449. The van der Waals surface area contributed by atoms with Crippen LogP contribution in [0.1, 0.15) is 24.8 Å².